The second kappa shape index (κ2) is 15.4. The molecule has 1 unspecified atom stereocenters. The number of ether oxygens (including phenoxy) is 3. The van der Waals surface area contributed by atoms with Crippen LogP contribution in [-0.2, 0) is 32.5 Å². The summed E-state index contributed by atoms with van der Waals surface area (Å²) < 4.78 is 46.5. The first-order valence-corrected chi connectivity index (χ1v) is 17.6. The maximum absolute atomic E-state index is 13.5. The van der Waals surface area contributed by atoms with Crippen molar-refractivity contribution in [2.24, 2.45) is 11.8 Å². The van der Waals surface area contributed by atoms with Crippen molar-refractivity contribution >= 4 is 27.3 Å². The molecule has 0 aromatic heterocycles. The van der Waals surface area contributed by atoms with Gasteiger partial charge in [-0.15, -0.1) is 0 Å². The zero-order valence-electron chi connectivity index (χ0n) is 25.4. The van der Waals surface area contributed by atoms with Gasteiger partial charge in [-0.2, -0.15) is 4.72 Å². The van der Waals surface area contributed by atoms with Crippen LogP contribution in [0.15, 0.2) is 48.6 Å². The molecular formula is C33H45ClN2O7S. The smallest absolute Gasteiger partial charge is 0.219 e. The van der Waals surface area contributed by atoms with Crippen molar-refractivity contribution in [1.29, 1.82) is 0 Å². The third kappa shape index (κ3) is 8.34. The van der Waals surface area contributed by atoms with E-state index in [9.17, 15) is 18.6 Å². The molecule has 5 atom stereocenters. The topological polar surface area (TPSA) is 118 Å². The lowest BCUT2D eigenvalue weighted by Crippen LogP contribution is -2.43. The predicted molar refractivity (Wildman–Crippen MR) is 171 cm³/mol. The molecule has 0 radical (unpaired) electrons. The van der Waals surface area contributed by atoms with Crippen molar-refractivity contribution < 1.29 is 32.8 Å². The Kier molecular flexibility index (Phi) is 11.6. The molecule has 0 spiro atoms. The van der Waals surface area contributed by atoms with Gasteiger partial charge in [-0.05, 0) is 97.7 Å². The Morgan fingerprint density at radius 1 is 1.07 bits per heavy atom. The number of anilines is 1. The molecular weight excluding hydrogens is 604 g/mol. The van der Waals surface area contributed by atoms with Crippen LogP contribution >= 0.6 is 11.6 Å². The molecule has 3 N–H and O–H groups in total. The summed E-state index contributed by atoms with van der Waals surface area (Å²) >= 11 is 6.32. The number of hydrogen-bond acceptors (Lipinski definition) is 8. The van der Waals surface area contributed by atoms with Crippen molar-refractivity contribution in [1.82, 2.24) is 4.72 Å². The van der Waals surface area contributed by atoms with Gasteiger partial charge in [-0.3, -0.25) is 0 Å². The average Bonchev–Trinajstić information content (AvgIpc) is 3.00. The van der Waals surface area contributed by atoms with Gasteiger partial charge in [0.2, 0.25) is 10.0 Å². The molecule has 9 nitrogen and oxygen atoms in total. The predicted octanol–water partition coefficient (Wildman–Crippen LogP) is 4.74. The molecule has 1 saturated carbocycles. The molecule has 0 saturated heterocycles. The van der Waals surface area contributed by atoms with E-state index in [1.54, 1.807) is 13.2 Å². The quantitative estimate of drug-likeness (QED) is 0.315. The molecule has 3 aliphatic rings. The molecule has 2 bridgehead atoms. The molecule has 2 aromatic rings. The lowest BCUT2D eigenvalue weighted by Gasteiger charge is -2.42. The highest BCUT2D eigenvalue weighted by atomic mass is 35.5. The Bertz CT molecular complexity index is 1390. The zero-order valence-corrected chi connectivity index (χ0v) is 26.9. The van der Waals surface area contributed by atoms with Gasteiger partial charge in [0.25, 0.3) is 0 Å². The Balaban J connectivity index is 1.48. The summed E-state index contributed by atoms with van der Waals surface area (Å²) in [7, 11) is -2.42. The molecule has 11 heteroatoms. The fourth-order valence-corrected chi connectivity index (χ4v) is 7.90. The third-order valence-electron chi connectivity index (χ3n) is 9.12. The number of fused-ring (bicyclic) bond motifs is 3. The van der Waals surface area contributed by atoms with Crippen LogP contribution in [0.25, 0.3) is 0 Å². The van der Waals surface area contributed by atoms with E-state index >= 15 is 0 Å². The van der Waals surface area contributed by atoms with Crippen molar-refractivity contribution in [2.45, 2.75) is 69.1 Å². The summed E-state index contributed by atoms with van der Waals surface area (Å²) in [5.41, 5.74) is 3.49. The fraction of sp³-hybridized carbons (Fsp3) is 0.576. The Morgan fingerprint density at radius 3 is 2.73 bits per heavy atom. The monoisotopic (exact) mass is 648 g/mol. The number of aliphatic hydroxyl groups is 2. The van der Waals surface area contributed by atoms with Crippen LogP contribution in [0.5, 0.6) is 5.75 Å². The van der Waals surface area contributed by atoms with Crippen molar-refractivity contribution in [3.8, 4) is 5.75 Å². The van der Waals surface area contributed by atoms with Crippen LogP contribution in [0.2, 0.25) is 5.02 Å². The zero-order chi connectivity index (χ0) is 31.1. The standard InChI is InChI=1S/C33H45ClN2O7S/c1-41-16-17-42-22-28-7-2-3-8-31(37)29-13-10-25(29)20-36-15-5-4-6-23-18-27(34)12-9-26(23)21-43-32-14-11-24(19-30(32)36)33(38)35-44(28,39)40/h3,8-9,11-12,14,18-19,25,28-29,31,33,35,37-38H,2,4-7,10,13,15-17,20-22H2,1H3/b8-3+/t25-,28+,29+,31-,33?/m0/s1. The lowest BCUT2D eigenvalue weighted by atomic mass is 9.70. The number of halogens is 1. The SMILES string of the molecule is COCCOC[C@H]1CC/C=C/[C@H](O)[C@@H]2CC[C@H]2CN2CCCCc3cc(Cl)ccc3COc3ccc(cc32)C(O)NS1(=O)=O. The molecule has 2 aromatic carbocycles. The van der Waals surface area contributed by atoms with E-state index in [1.807, 2.05) is 42.5 Å². The fourth-order valence-electron chi connectivity index (χ4n) is 6.35. The molecule has 242 valence electrons. The molecule has 0 amide bonds. The number of hydrogen-bond donors (Lipinski definition) is 3. The summed E-state index contributed by atoms with van der Waals surface area (Å²) in [6, 6.07) is 11.3. The number of nitrogens with one attached hydrogen (secondary N) is 1. The van der Waals surface area contributed by atoms with E-state index in [-0.39, 0.29) is 25.6 Å². The summed E-state index contributed by atoms with van der Waals surface area (Å²) in [4.78, 5) is 2.29. The maximum Gasteiger partial charge on any atom is 0.219 e. The summed E-state index contributed by atoms with van der Waals surface area (Å²) in [5.74, 6) is 1.08. The minimum Gasteiger partial charge on any atom is -0.487 e. The van der Waals surface area contributed by atoms with Gasteiger partial charge in [-0.1, -0.05) is 35.9 Å². The van der Waals surface area contributed by atoms with Crippen LogP contribution in [-0.4, -0.2) is 70.0 Å². The van der Waals surface area contributed by atoms with Crippen molar-refractivity contribution in [3.63, 3.8) is 0 Å². The Hall–Kier alpha value is -2.18. The number of rotatable bonds is 5. The Morgan fingerprint density at radius 2 is 1.93 bits per heavy atom. The molecule has 2 heterocycles. The van der Waals surface area contributed by atoms with Gasteiger partial charge >= 0.3 is 0 Å². The first kappa shape index (κ1) is 33.2. The van der Waals surface area contributed by atoms with Crippen molar-refractivity contribution in [3.05, 3.63) is 70.3 Å². The van der Waals surface area contributed by atoms with Gasteiger partial charge < -0.3 is 29.3 Å². The van der Waals surface area contributed by atoms with Crippen LogP contribution in [0, 0.1) is 11.8 Å². The van der Waals surface area contributed by atoms with Gasteiger partial charge in [0.05, 0.1) is 36.9 Å². The summed E-state index contributed by atoms with van der Waals surface area (Å²) in [5, 5.41) is 22.1. The number of aryl methyl sites for hydroxylation is 1. The largest absolute Gasteiger partial charge is 0.487 e. The van der Waals surface area contributed by atoms with Gasteiger partial charge in [0, 0.05) is 25.2 Å². The maximum atomic E-state index is 13.5. The molecule has 1 aliphatic carbocycles. The minimum absolute atomic E-state index is 0.0367. The number of allylic oxidation sites excluding steroid dienone is 1. The lowest BCUT2D eigenvalue weighted by molar-refractivity contribution is 0.0461. The van der Waals surface area contributed by atoms with E-state index in [4.69, 9.17) is 25.8 Å². The van der Waals surface area contributed by atoms with Crippen molar-refractivity contribution in [2.75, 3.05) is 44.9 Å². The second-order valence-corrected chi connectivity index (χ2v) is 14.5. The number of nitrogens with zero attached hydrogens (tertiary/aromatic N) is 1. The summed E-state index contributed by atoms with van der Waals surface area (Å²) in [6.45, 7) is 2.43. The van der Waals surface area contributed by atoms with E-state index in [2.05, 4.69) is 9.62 Å². The molecule has 2 aliphatic heterocycles. The van der Waals surface area contributed by atoms with Crippen LogP contribution in [0.1, 0.15) is 61.4 Å². The first-order valence-electron chi connectivity index (χ1n) is 15.6. The van der Waals surface area contributed by atoms with E-state index < -0.39 is 27.6 Å². The number of methoxy groups -OCH3 is 1. The highest BCUT2D eigenvalue weighted by molar-refractivity contribution is 7.90. The molecule has 44 heavy (non-hydrogen) atoms. The number of sulfonamides is 1. The van der Waals surface area contributed by atoms with Gasteiger partial charge in [-0.25, -0.2) is 8.42 Å². The minimum atomic E-state index is -3.98. The first-order chi connectivity index (χ1) is 21.2. The van der Waals surface area contributed by atoms with Gasteiger partial charge in [0.1, 0.15) is 18.6 Å². The molecule has 1 fully saturated rings. The summed E-state index contributed by atoms with van der Waals surface area (Å²) in [6.07, 6.45) is 7.12. The second-order valence-electron chi connectivity index (χ2n) is 12.1. The highest BCUT2D eigenvalue weighted by Crippen LogP contribution is 2.41. The van der Waals surface area contributed by atoms with E-state index in [0.29, 0.717) is 41.9 Å². The third-order valence-corrected chi connectivity index (χ3v) is 11.2. The Labute approximate surface area is 266 Å². The van der Waals surface area contributed by atoms with E-state index in [1.165, 1.54) is 5.56 Å². The average molecular weight is 649 g/mol. The molecule has 5 rings (SSSR count). The number of benzene rings is 2. The normalized spacial score (nSPS) is 28.4. The number of aliphatic hydroxyl groups excluding tert-OH is 2. The van der Waals surface area contributed by atoms with Crippen LogP contribution < -0.4 is 14.4 Å². The van der Waals surface area contributed by atoms with E-state index in [0.717, 1.165) is 56.4 Å². The van der Waals surface area contributed by atoms with Gasteiger partial charge in [0.15, 0.2) is 0 Å². The highest BCUT2D eigenvalue weighted by Gasteiger charge is 2.37. The van der Waals surface area contributed by atoms with Crippen LogP contribution in [0.3, 0.4) is 0 Å². The van der Waals surface area contributed by atoms with Crippen LogP contribution in [0.4, 0.5) is 5.69 Å².